The average molecular weight is 243 g/mol. The molecule has 0 aliphatic carbocycles. The molecule has 0 aromatic carbocycles. The molecule has 0 fully saturated rings. The summed E-state index contributed by atoms with van der Waals surface area (Å²) in [6.45, 7) is 2.47. The molecule has 0 radical (unpaired) electrons. The van der Waals surface area contributed by atoms with Crippen LogP contribution in [-0.4, -0.2) is 26.9 Å². The van der Waals surface area contributed by atoms with E-state index in [4.69, 9.17) is 16.7 Å². The predicted molar refractivity (Wildman–Crippen MR) is 58.5 cm³/mol. The number of nitrogens with zero attached hydrogens (tertiary/aromatic N) is 3. The van der Waals surface area contributed by atoms with E-state index in [1.54, 1.807) is 6.92 Å². The zero-order valence-corrected chi connectivity index (χ0v) is 9.61. The lowest BCUT2D eigenvalue weighted by Gasteiger charge is -1.96. The van der Waals surface area contributed by atoms with Gasteiger partial charge in [0.2, 0.25) is 11.0 Å². The lowest BCUT2D eigenvalue weighted by molar-refractivity contribution is 0.387. The van der Waals surface area contributed by atoms with Gasteiger partial charge in [0.1, 0.15) is 0 Å². The SMILES string of the molecule is Cc1nc(CCNc2n[nH]c(=S)s2)no1. The molecule has 0 aliphatic heterocycles. The van der Waals surface area contributed by atoms with E-state index in [9.17, 15) is 0 Å². The molecule has 0 bridgehead atoms. The lowest BCUT2D eigenvalue weighted by Crippen LogP contribution is -2.05. The van der Waals surface area contributed by atoms with Crippen LogP contribution in [0.1, 0.15) is 11.7 Å². The number of hydrogen-bond acceptors (Lipinski definition) is 7. The molecule has 0 saturated heterocycles. The van der Waals surface area contributed by atoms with Gasteiger partial charge in [0, 0.05) is 19.9 Å². The van der Waals surface area contributed by atoms with Crippen molar-refractivity contribution in [3.63, 3.8) is 0 Å². The van der Waals surface area contributed by atoms with Crippen molar-refractivity contribution in [1.29, 1.82) is 0 Å². The molecule has 2 rings (SSSR count). The maximum absolute atomic E-state index is 4.90. The summed E-state index contributed by atoms with van der Waals surface area (Å²) < 4.78 is 5.51. The highest BCUT2D eigenvalue weighted by Gasteiger charge is 2.02. The normalized spacial score (nSPS) is 10.5. The summed E-state index contributed by atoms with van der Waals surface area (Å²) in [5, 5.41) is 14.3. The van der Waals surface area contributed by atoms with Crippen LogP contribution in [-0.2, 0) is 6.42 Å². The third-order valence-electron chi connectivity index (χ3n) is 1.63. The Bertz CT molecular complexity index is 487. The smallest absolute Gasteiger partial charge is 0.223 e. The Balaban J connectivity index is 1.82. The van der Waals surface area contributed by atoms with Crippen LogP contribution >= 0.6 is 23.6 Å². The molecule has 0 amide bonds. The van der Waals surface area contributed by atoms with Crippen molar-refractivity contribution < 1.29 is 4.52 Å². The Morgan fingerprint density at radius 3 is 3.07 bits per heavy atom. The van der Waals surface area contributed by atoms with E-state index < -0.39 is 0 Å². The number of nitrogens with one attached hydrogen (secondary N) is 2. The maximum atomic E-state index is 4.90. The molecule has 0 spiro atoms. The van der Waals surface area contributed by atoms with Gasteiger partial charge in [-0.3, -0.25) is 5.10 Å². The minimum atomic E-state index is 0.584. The highest BCUT2D eigenvalue weighted by atomic mass is 32.1. The van der Waals surface area contributed by atoms with Crippen molar-refractivity contribution >= 4 is 28.7 Å². The van der Waals surface area contributed by atoms with E-state index >= 15 is 0 Å². The molecule has 6 nitrogen and oxygen atoms in total. The third-order valence-corrected chi connectivity index (χ3v) is 2.68. The van der Waals surface area contributed by atoms with Crippen LogP contribution in [0.2, 0.25) is 0 Å². The van der Waals surface area contributed by atoms with Crippen LogP contribution in [0.4, 0.5) is 5.13 Å². The molecule has 0 aliphatic rings. The molecule has 80 valence electrons. The summed E-state index contributed by atoms with van der Waals surface area (Å²) in [4.78, 5) is 4.08. The summed E-state index contributed by atoms with van der Waals surface area (Å²) in [7, 11) is 0. The first kappa shape index (κ1) is 10.2. The molecule has 2 heterocycles. The van der Waals surface area contributed by atoms with Crippen LogP contribution in [0.15, 0.2) is 4.52 Å². The van der Waals surface area contributed by atoms with E-state index in [1.165, 1.54) is 11.3 Å². The molecule has 15 heavy (non-hydrogen) atoms. The molecule has 0 saturated carbocycles. The third kappa shape index (κ3) is 2.83. The number of aromatic nitrogens is 4. The molecule has 2 aromatic rings. The predicted octanol–water partition coefficient (Wildman–Crippen LogP) is 1.55. The van der Waals surface area contributed by atoms with Gasteiger partial charge in [-0.25, -0.2) is 0 Å². The summed E-state index contributed by atoms with van der Waals surface area (Å²) >= 11 is 6.30. The molecule has 2 N–H and O–H groups in total. The maximum Gasteiger partial charge on any atom is 0.223 e. The van der Waals surface area contributed by atoms with Crippen LogP contribution in [0, 0.1) is 10.9 Å². The molecular weight excluding hydrogens is 234 g/mol. The fourth-order valence-electron chi connectivity index (χ4n) is 1.03. The summed E-state index contributed by atoms with van der Waals surface area (Å²) in [5.41, 5.74) is 0. The number of aromatic amines is 1. The number of anilines is 1. The van der Waals surface area contributed by atoms with Crippen molar-refractivity contribution in [2.24, 2.45) is 0 Å². The fraction of sp³-hybridized carbons (Fsp3) is 0.429. The Morgan fingerprint density at radius 1 is 1.60 bits per heavy atom. The second kappa shape index (κ2) is 4.49. The first-order valence-electron chi connectivity index (χ1n) is 4.32. The van der Waals surface area contributed by atoms with Gasteiger partial charge in [0.15, 0.2) is 9.78 Å². The standard InChI is InChI=1S/C7H9N5OS2/c1-4-9-5(12-13-4)2-3-8-6-10-11-7(14)15-6/h2-3H2,1H3,(H,8,10)(H,11,14). The van der Waals surface area contributed by atoms with Crippen LogP contribution < -0.4 is 5.32 Å². The molecule has 0 unspecified atom stereocenters. The highest BCUT2D eigenvalue weighted by molar-refractivity contribution is 7.73. The van der Waals surface area contributed by atoms with Crippen molar-refractivity contribution in [2.75, 3.05) is 11.9 Å². The van der Waals surface area contributed by atoms with Gasteiger partial charge >= 0.3 is 0 Å². The van der Waals surface area contributed by atoms with Crippen molar-refractivity contribution in [1.82, 2.24) is 20.3 Å². The number of H-pyrrole nitrogens is 1. The Labute approximate surface area is 94.7 Å². The average Bonchev–Trinajstić information content (AvgIpc) is 2.76. The zero-order valence-electron chi connectivity index (χ0n) is 7.98. The molecule has 8 heteroatoms. The first-order chi connectivity index (χ1) is 7.24. The first-order valence-corrected chi connectivity index (χ1v) is 5.55. The topological polar surface area (TPSA) is 79.6 Å². The second-order valence-electron chi connectivity index (χ2n) is 2.82. The van der Waals surface area contributed by atoms with Crippen LogP contribution in [0.25, 0.3) is 0 Å². The van der Waals surface area contributed by atoms with Gasteiger partial charge in [-0.1, -0.05) is 16.5 Å². The van der Waals surface area contributed by atoms with Crippen molar-refractivity contribution in [2.45, 2.75) is 13.3 Å². The lowest BCUT2D eigenvalue weighted by atomic mass is 10.4. The van der Waals surface area contributed by atoms with Gasteiger partial charge in [-0.15, -0.1) is 5.10 Å². The van der Waals surface area contributed by atoms with Crippen molar-refractivity contribution in [3.05, 3.63) is 15.7 Å². The summed E-state index contributed by atoms with van der Waals surface area (Å²) in [5.74, 6) is 1.28. The number of aryl methyl sites for hydroxylation is 1. The zero-order chi connectivity index (χ0) is 10.7. The van der Waals surface area contributed by atoms with E-state index in [0.717, 1.165) is 5.13 Å². The van der Waals surface area contributed by atoms with Gasteiger partial charge in [0.25, 0.3) is 0 Å². The van der Waals surface area contributed by atoms with E-state index in [1.807, 2.05) is 0 Å². The molecular formula is C7H9N5OS2. The molecule has 0 atom stereocenters. The van der Waals surface area contributed by atoms with Crippen LogP contribution in [0.5, 0.6) is 0 Å². The highest BCUT2D eigenvalue weighted by Crippen LogP contribution is 2.10. The van der Waals surface area contributed by atoms with E-state index in [2.05, 4.69) is 25.7 Å². The second-order valence-corrected chi connectivity index (χ2v) is 4.49. The summed E-state index contributed by atoms with van der Waals surface area (Å²) in [6.07, 6.45) is 0.698. The molecule has 2 aromatic heterocycles. The Kier molecular flexibility index (Phi) is 3.07. The Morgan fingerprint density at radius 2 is 2.47 bits per heavy atom. The summed E-state index contributed by atoms with van der Waals surface area (Å²) in [6, 6.07) is 0. The van der Waals surface area contributed by atoms with Gasteiger partial charge < -0.3 is 9.84 Å². The van der Waals surface area contributed by atoms with E-state index in [0.29, 0.717) is 28.6 Å². The largest absolute Gasteiger partial charge is 0.360 e. The fourth-order valence-corrected chi connectivity index (χ4v) is 1.84. The van der Waals surface area contributed by atoms with Gasteiger partial charge in [-0.05, 0) is 12.2 Å². The number of hydrogen-bond donors (Lipinski definition) is 2. The van der Waals surface area contributed by atoms with Gasteiger partial charge in [-0.2, -0.15) is 4.98 Å². The number of rotatable bonds is 4. The van der Waals surface area contributed by atoms with Crippen LogP contribution in [0.3, 0.4) is 0 Å². The monoisotopic (exact) mass is 243 g/mol. The van der Waals surface area contributed by atoms with Gasteiger partial charge in [0.05, 0.1) is 0 Å². The minimum Gasteiger partial charge on any atom is -0.360 e. The van der Waals surface area contributed by atoms with Crippen molar-refractivity contribution in [3.8, 4) is 0 Å². The quantitative estimate of drug-likeness (QED) is 0.793. The van der Waals surface area contributed by atoms with E-state index in [-0.39, 0.29) is 0 Å². The Hall–Kier alpha value is -1.28. The minimum absolute atomic E-state index is 0.584.